The Morgan fingerprint density at radius 1 is 1.23 bits per heavy atom. The van der Waals surface area contributed by atoms with Crippen LogP contribution in [0.5, 0.6) is 0 Å². The van der Waals surface area contributed by atoms with E-state index in [4.69, 9.17) is 4.74 Å². The van der Waals surface area contributed by atoms with Crippen LogP contribution in [-0.4, -0.2) is 74.8 Å². The highest BCUT2D eigenvalue weighted by Crippen LogP contribution is 2.11. The third-order valence-electron chi connectivity index (χ3n) is 4.87. The van der Waals surface area contributed by atoms with Gasteiger partial charge >= 0.3 is 0 Å². The molecule has 0 amide bonds. The second kappa shape index (κ2) is 11.6. The lowest BCUT2D eigenvalue weighted by Crippen LogP contribution is -2.53. The molecule has 0 radical (unpaired) electrons. The molecule has 5 nitrogen and oxygen atoms in total. The van der Waals surface area contributed by atoms with E-state index < -0.39 is 0 Å². The van der Waals surface area contributed by atoms with E-state index in [-0.39, 0.29) is 24.0 Å². The van der Waals surface area contributed by atoms with Crippen LogP contribution in [0.1, 0.15) is 18.4 Å². The molecule has 0 spiro atoms. The molecule has 0 saturated carbocycles. The number of piperazine rings is 1. The Balaban J connectivity index is 0.00000243. The van der Waals surface area contributed by atoms with Crippen LogP contribution < -0.4 is 5.32 Å². The van der Waals surface area contributed by atoms with Gasteiger partial charge in [0.15, 0.2) is 5.96 Å². The minimum atomic E-state index is 0. The maximum Gasteiger partial charge on any atom is 0.193 e. The van der Waals surface area contributed by atoms with Crippen LogP contribution in [0.3, 0.4) is 0 Å². The molecule has 1 aromatic rings. The molecule has 26 heavy (non-hydrogen) atoms. The lowest BCUT2D eigenvalue weighted by atomic mass is 10.2. The van der Waals surface area contributed by atoms with Crippen LogP contribution in [0.4, 0.5) is 0 Å². The Morgan fingerprint density at radius 2 is 2.00 bits per heavy atom. The van der Waals surface area contributed by atoms with Gasteiger partial charge in [-0.05, 0) is 18.4 Å². The molecule has 2 saturated heterocycles. The molecule has 2 heterocycles. The Labute approximate surface area is 174 Å². The summed E-state index contributed by atoms with van der Waals surface area (Å²) in [6, 6.07) is 10.5. The molecular weight excluding hydrogens is 439 g/mol. The molecule has 0 aromatic heterocycles. The number of ether oxygens (including phenoxy) is 1. The third kappa shape index (κ3) is 6.55. The van der Waals surface area contributed by atoms with Crippen molar-refractivity contribution in [1.29, 1.82) is 0 Å². The van der Waals surface area contributed by atoms with Gasteiger partial charge in [-0.25, -0.2) is 0 Å². The molecule has 6 heteroatoms. The number of halogens is 1. The Kier molecular flexibility index (Phi) is 9.42. The second-order valence-corrected chi connectivity index (χ2v) is 6.66. The first-order chi connectivity index (χ1) is 12.3. The van der Waals surface area contributed by atoms with Crippen molar-refractivity contribution in [2.24, 2.45) is 4.99 Å². The summed E-state index contributed by atoms with van der Waals surface area (Å²) in [6.07, 6.45) is 7.15. The van der Waals surface area contributed by atoms with Gasteiger partial charge in [-0.1, -0.05) is 42.5 Å². The molecule has 2 aliphatic heterocycles. The molecule has 144 valence electrons. The van der Waals surface area contributed by atoms with E-state index in [1.54, 1.807) is 0 Å². The first-order valence-electron chi connectivity index (χ1n) is 9.36. The number of guanidine groups is 1. The van der Waals surface area contributed by atoms with Gasteiger partial charge in [-0.2, -0.15) is 0 Å². The van der Waals surface area contributed by atoms with Crippen molar-refractivity contribution < 1.29 is 4.74 Å². The molecule has 3 rings (SSSR count). The summed E-state index contributed by atoms with van der Waals surface area (Å²) in [4.78, 5) is 9.29. The molecule has 1 atom stereocenters. The number of rotatable bonds is 5. The van der Waals surface area contributed by atoms with E-state index >= 15 is 0 Å². The number of hydrogen-bond donors (Lipinski definition) is 1. The van der Waals surface area contributed by atoms with Gasteiger partial charge in [0.05, 0.1) is 6.10 Å². The Morgan fingerprint density at radius 3 is 2.65 bits per heavy atom. The summed E-state index contributed by atoms with van der Waals surface area (Å²) in [5.41, 5.74) is 1.26. The summed E-state index contributed by atoms with van der Waals surface area (Å²) < 4.78 is 5.68. The predicted octanol–water partition coefficient (Wildman–Crippen LogP) is 2.69. The molecule has 1 aromatic carbocycles. The molecule has 2 fully saturated rings. The van der Waals surface area contributed by atoms with Crippen molar-refractivity contribution in [1.82, 2.24) is 15.1 Å². The fourth-order valence-electron chi connectivity index (χ4n) is 3.39. The van der Waals surface area contributed by atoms with Gasteiger partial charge in [0.1, 0.15) is 0 Å². The fourth-order valence-corrected chi connectivity index (χ4v) is 3.39. The second-order valence-electron chi connectivity index (χ2n) is 6.66. The normalized spacial score (nSPS) is 21.8. The first kappa shape index (κ1) is 21.2. The van der Waals surface area contributed by atoms with Gasteiger partial charge in [0.2, 0.25) is 0 Å². The summed E-state index contributed by atoms with van der Waals surface area (Å²) in [5, 5.41) is 3.48. The SMILES string of the molecule is CN=C(NCC1CCCO1)N1CCN(CC=Cc2ccccc2)CC1.I. The van der Waals surface area contributed by atoms with Gasteiger partial charge in [0, 0.05) is 52.9 Å². The maximum atomic E-state index is 5.68. The molecule has 1 N–H and O–H groups in total. The fraction of sp³-hybridized carbons (Fsp3) is 0.550. The van der Waals surface area contributed by atoms with Gasteiger partial charge in [-0.3, -0.25) is 9.89 Å². The monoisotopic (exact) mass is 470 g/mol. The summed E-state index contributed by atoms with van der Waals surface area (Å²) in [6.45, 7) is 6.95. The minimum Gasteiger partial charge on any atom is -0.376 e. The van der Waals surface area contributed by atoms with Crippen LogP contribution in [0.15, 0.2) is 41.4 Å². The van der Waals surface area contributed by atoms with Crippen LogP contribution in [0.25, 0.3) is 6.08 Å². The summed E-state index contributed by atoms with van der Waals surface area (Å²) in [7, 11) is 1.87. The van der Waals surface area contributed by atoms with E-state index in [0.29, 0.717) is 6.10 Å². The molecule has 1 unspecified atom stereocenters. The molecule has 0 aliphatic carbocycles. The highest BCUT2D eigenvalue weighted by Gasteiger charge is 2.21. The van der Waals surface area contributed by atoms with E-state index in [0.717, 1.165) is 58.3 Å². The van der Waals surface area contributed by atoms with E-state index in [1.807, 2.05) is 7.05 Å². The summed E-state index contributed by atoms with van der Waals surface area (Å²) >= 11 is 0. The number of nitrogens with one attached hydrogen (secondary N) is 1. The van der Waals surface area contributed by atoms with Crippen molar-refractivity contribution in [3.63, 3.8) is 0 Å². The highest BCUT2D eigenvalue weighted by molar-refractivity contribution is 14.0. The molecular formula is C20H31IN4O. The predicted molar refractivity (Wildman–Crippen MR) is 119 cm³/mol. The van der Waals surface area contributed by atoms with Crippen molar-refractivity contribution in [3.05, 3.63) is 42.0 Å². The van der Waals surface area contributed by atoms with E-state index in [9.17, 15) is 0 Å². The lowest BCUT2D eigenvalue weighted by Gasteiger charge is -2.36. The standard InChI is InChI=1S/C20H30N4O.HI/c1-21-20(22-17-19-10-6-16-25-19)24-14-12-23(13-15-24)11-5-9-18-7-3-2-4-8-18;/h2-5,7-9,19H,6,10-17H2,1H3,(H,21,22);1H. The number of hydrogen-bond acceptors (Lipinski definition) is 3. The first-order valence-corrected chi connectivity index (χ1v) is 9.36. The number of benzene rings is 1. The number of aliphatic imine (C=N–C) groups is 1. The van der Waals surface area contributed by atoms with Crippen LogP contribution in [-0.2, 0) is 4.74 Å². The third-order valence-corrected chi connectivity index (χ3v) is 4.87. The average molecular weight is 470 g/mol. The molecule has 2 aliphatic rings. The number of nitrogens with zero attached hydrogens (tertiary/aromatic N) is 3. The van der Waals surface area contributed by atoms with Crippen LogP contribution in [0, 0.1) is 0 Å². The zero-order chi connectivity index (χ0) is 17.3. The van der Waals surface area contributed by atoms with Gasteiger partial charge < -0.3 is 15.0 Å². The average Bonchev–Trinajstić information content (AvgIpc) is 3.18. The smallest absolute Gasteiger partial charge is 0.193 e. The topological polar surface area (TPSA) is 40.1 Å². The largest absolute Gasteiger partial charge is 0.376 e. The zero-order valence-corrected chi connectivity index (χ0v) is 18.0. The summed E-state index contributed by atoms with van der Waals surface area (Å²) in [5.74, 6) is 1.01. The Hall–Kier alpha value is -1.12. The van der Waals surface area contributed by atoms with E-state index in [2.05, 4.69) is 62.6 Å². The van der Waals surface area contributed by atoms with E-state index in [1.165, 1.54) is 12.0 Å². The highest BCUT2D eigenvalue weighted by atomic mass is 127. The van der Waals surface area contributed by atoms with Crippen molar-refractivity contribution in [2.45, 2.75) is 18.9 Å². The lowest BCUT2D eigenvalue weighted by molar-refractivity contribution is 0.112. The van der Waals surface area contributed by atoms with Crippen molar-refractivity contribution in [3.8, 4) is 0 Å². The van der Waals surface area contributed by atoms with Crippen LogP contribution in [0.2, 0.25) is 0 Å². The van der Waals surface area contributed by atoms with Crippen molar-refractivity contribution >= 4 is 36.0 Å². The van der Waals surface area contributed by atoms with Crippen LogP contribution >= 0.6 is 24.0 Å². The van der Waals surface area contributed by atoms with Gasteiger partial charge in [-0.15, -0.1) is 24.0 Å². The zero-order valence-electron chi connectivity index (χ0n) is 15.6. The quantitative estimate of drug-likeness (QED) is 0.408. The van der Waals surface area contributed by atoms with Crippen molar-refractivity contribution in [2.75, 3.05) is 52.9 Å². The minimum absolute atomic E-state index is 0. The van der Waals surface area contributed by atoms with Gasteiger partial charge in [0.25, 0.3) is 0 Å². The maximum absolute atomic E-state index is 5.68. The Bertz CT molecular complexity index is 564. The molecule has 0 bridgehead atoms.